The van der Waals surface area contributed by atoms with Crippen LogP contribution in [0.4, 0.5) is 5.69 Å². The first-order chi connectivity index (χ1) is 10.0. The zero-order chi connectivity index (χ0) is 15.8. The molecule has 0 radical (unpaired) electrons. The van der Waals surface area contributed by atoms with Crippen molar-refractivity contribution < 1.29 is 4.74 Å². The van der Waals surface area contributed by atoms with Crippen LogP contribution in [0.5, 0.6) is 0 Å². The second-order valence-electron chi connectivity index (χ2n) is 5.85. The monoisotopic (exact) mass is 312 g/mol. The predicted octanol–water partition coefficient (Wildman–Crippen LogP) is 3.95. The van der Waals surface area contributed by atoms with Crippen LogP contribution in [-0.4, -0.2) is 32.8 Å². The van der Waals surface area contributed by atoms with Crippen LogP contribution in [0.2, 0.25) is 5.02 Å². The van der Waals surface area contributed by atoms with E-state index in [1.807, 2.05) is 12.1 Å². The van der Waals surface area contributed by atoms with Gasteiger partial charge in [0, 0.05) is 42.5 Å². The van der Waals surface area contributed by atoms with Gasteiger partial charge in [-0.05, 0) is 38.4 Å². The summed E-state index contributed by atoms with van der Waals surface area (Å²) >= 11 is 6.43. The van der Waals surface area contributed by atoms with E-state index in [1.54, 1.807) is 7.11 Å². The number of ether oxygens (including phenoxy) is 1. The van der Waals surface area contributed by atoms with E-state index in [0.717, 1.165) is 24.7 Å². The fraction of sp³-hybridized carbons (Fsp3) is 0.647. The maximum Gasteiger partial charge on any atom is 0.0663 e. The summed E-state index contributed by atoms with van der Waals surface area (Å²) in [5, 5.41) is 4.32. The summed E-state index contributed by atoms with van der Waals surface area (Å²) in [6.45, 7) is 12.2. The predicted molar refractivity (Wildman–Crippen MR) is 92.4 cm³/mol. The van der Waals surface area contributed by atoms with E-state index in [9.17, 15) is 0 Å². The van der Waals surface area contributed by atoms with Gasteiger partial charge in [0.2, 0.25) is 0 Å². The Morgan fingerprint density at radius 3 is 2.57 bits per heavy atom. The Hall–Kier alpha value is -0.770. The van der Waals surface area contributed by atoms with Crippen molar-refractivity contribution in [2.45, 2.75) is 40.3 Å². The minimum absolute atomic E-state index is 0.322. The lowest BCUT2D eigenvalue weighted by Gasteiger charge is -2.32. The third-order valence-electron chi connectivity index (χ3n) is 3.54. The lowest BCUT2D eigenvalue weighted by molar-refractivity contribution is 0.182. The van der Waals surface area contributed by atoms with Crippen LogP contribution >= 0.6 is 11.6 Å². The Balaban J connectivity index is 2.96. The molecule has 120 valence electrons. The van der Waals surface area contributed by atoms with Gasteiger partial charge in [0.1, 0.15) is 0 Å². The Kier molecular flexibility index (Phi) is 8.09. The number of rotatable bonds is 9. The minimum atomic E-state index is 0.322. The van der Waals surface area contributed by atoms with E-state index in [2.05, 4.69) is 44.0 Å². The molecule has 0 aliphatic carbocycles. The number of nitrogens with zero attached hydrogens (tertiary/aromatic N) is 1. The van der Waals surface area contributed by atoms with Crippen molar-refractivity contribution in [3.05, 3.63) is 28.8 Å². The van der Waals surface area contributed by atoms with Crippen molar-refractivity contribution in [3.8, 4) is 0 Å². The van der Waals surface area contributed by atoms with Crippen molar-refractivity contribution in [2.75, 3.05) is 31.7 Å². The summed E-state index contributed by atoms with van der Waals surface area (Å²) in [6, 6.07) is 6.45. The van der Waals surface area contributed by atoms with Gasteiger partial charge in [0.25, 0.3) is 0 Å². The fourth-order valence-corrected chi connectivity index (χ4v) is 2.76. The molecule has 0 saturated heterocycles. The second-order valence-corrected chi connectivity index (χ2v) is 6.26. The van der Waals surface area contributed by atoms with Gasteiger partial charge in [-0.3, -0.25) is 0 Å². The Morgan fingerprint density at radius 1 is 1.29 bits per heavy atom. The highest BCUT2D eigenvalue weighted by atomic mass is 35.5. The van der Waals surface area contributed by atoms with E-state index in [-0.39, 0.29) is 0 Å². The van der Waals surface area contributed by atoms with Gasteiger partial charge in [-0.2, -0.15) is 0 Å². The number of nitrogens with one attached hydrogen (secondary N) is 1. The Bertz CT molecular complexity index is 423. The van der Waals surface area contributed by atoms with Gasteiger partial charge < -0.3 is 15.0 Å². The van der Waals surface area contributed by atoms with E-state index >= 15 is 0 Å². The molecule has 0 saturated carbocycles. The summed E-state index contributed by atoms with van der Waals surface area (Å²) in [6.07, 6.45) is 0. The molecule has 0 aliphatic heterocycles. The third kappa shape index (κ3) is 5.50. The van der Waals surface area contributed by atoms with Gasteiger partial charge in [-0.1, -0.05) is 31.5 Å². The Labute approximate surface area is 134 Å². The van der Waals surface area contributed by atoms with Gasteiger partial charge in [0.15, 0.2) is 0 Å². The highest BCUT2D eigenvalue weighted by Crippen LogP contribution is 2.29. The minimum Gasteiger partial charge on any atom is -0.383 e. The summed E-state index contributed by atoms with van der Waals surface area (Å²) in [7, 11) is 1.74. The van der Waals surface area contributed by atoms with Crippen LogP contribution in [0, 0.1) is 5.92 Å². The van der Waals surface area contributed by atoms with E-state index in [0.29, 0.717) is 18.6 Å². The molecule has 0 fully saturated rings. The summed E-state index contributed by atoms with van der Waals surface area (Å²) in [5.41, 5.74) is 2.37. The number of hydrogen-bond acceptors (Lipinski definition) is 3. The molecule has 0 aromatic heterocycles. The molecule has 1 unspecified atom stereocenters. The van der Waals surface area contributed by atoms with E-state index < -0.39 is 0 Å². The van der Waals surface area contributed by atoms with Crippen LogP contribution < -0.4 is 10.2 Å². The topological polar surface area (TPSA) is 24.5 Å². The van der Waals surface area contributed by atoms with Gasteiger partial charge in [-0.25, -0.2) is 0 Å². The molecule has 0 bridgehead atoms. The fourth-order valence-electron chi connectivity index (χ4n) is 2.53. The second kappa shape index (κ2) is 9.29. The van der Waals surface area contributed by atoms with Crippen molar-refractivity contribution in [1.29, 1.82) is 0 Å². The number of halogens is 1. The first-order valence-electron chi connectivity index (χ1n) is 7.74. The number of hydrogen-bond donors (Lipinski definition) is 1. The smallest absolute Gasteiger partial charge is 0.0663 e. The number of benzene rings is 1. The van der Waals surface area contributed by atoms with Crippen LogP contribution in [-0.2, 0) is 11.3 Å². The molecule has 1 atom stereocenters. The molecule has 1 aromatic carbocycles. The van der Waals surface area contributed by atoms with Crippen molar-refractivity contribution in [2.24, 2.45) is 5.92 Å². The van der Waals surface area contributed by atoms with Gasteiger partial charge in [-0.15, -0.1) is 0 Å². The zero-order valence-corrected chi connectivity index (χ0v) is 14.7. The molecule has 0 amide bonds. The van der Waals surface area contributed by atoms with Crippen molar-refractivity contribution in [1.82, 2.24) is 5.32 Å². The normalized spacial score (nSPS) is 12.7. The quantitative estimate of drug-likeness (QED) is 0.747. The summed E-state index contributed by atoms with van der Waals surface area (Å²) in [4.78, 5) is 2.35. The van der Waals surface area contributed by atoms with Crippen LogP contribution in [0.15, 0.2) is 18.2 Å². The van der Waals surface area contributed by atoms with E-state index in [1.165, 1.54) is 11.3 Å². The van der Waals surface area contributed by atoms with Crippen LogP contribution in [0.25, 0.3) is 0 Å². The molecule has 1 aromatic rings. The molecular formula is C17H29ClN2O. The molecule has 4 heteroatoms. The van der Waals surface area contributed by atoms with E-state index in [4.69, 9.17) is 16.3 Å². The average Bonchev–Trinajstić information content (AvgIpc) is 2.42. The largest absolute Gasteiger partial charge is 0.383 e. The highest BCUT2D eigenvalue weighted by molar-refractivity contribution is 6.31. The molecule has 21 heavy (non-hydrogen) atoms. The zero-order valence-electron chi connectivity index (χ0n) is 13.9. The van der Waals surface area contributed by atoms with Crippen molar-refractivity contribution >= 4 is 17.3 Å². The SMILES string of the molecule is CCN(c1cccc(Cl)c1CNCC(C)C)C(C)COC. The number of methoxy groups -OCH3 is 1. The maximum atomic E-state index is 6.43. The molecule has 1 N–H and O–H groups in total. The number of likely N-dealkylation sites (N-methyl/N-ethyl adjacent to an activating group) is 1. The molecular weight excluding hydrogens is 284 g/mol. The third-order valence-corrected chi connectivity index (χ3v) is 3.89. The van der Waals surface area contributed by atoms with Crippen LogP contribution in [0.1, 0.15) is 33.3 Å². The van der Waals surface area contributed by atoms with Crippen LogP contribution in [0.3, 0.4) is 0 Å². The highest BCUT2D eigenvalue weighted by Gasteiger charge is 2.17. The molecule has 1 rings (SSSR count). The maximum absolute atomic E-state index is 6.43. The summed E-state index contributed by atoms with van der Waals surface area (Å²) in [5.74, 6) is 0.630. The first-order valence-corrected chi connectivity index (χ1v) is 8.12. The standard InChI is InChI=1S/C17H29ClN2O/c1-6-20(14(4)12-21-5)17-9-7-8-16(18)15(17)11-19-10-13(2)3/h7-9,13-14,19H,6,10-12H2,1-5H3. The summed E-state index contributed by atoms with van der Waals surface area (Å²) < 4.78 is 5.30. The average molecular weight is 313 g/mol. The lowest BCUT2D eigenvalue weighted by Crippen LogP contribution is -2.37. The van der Waals surface area contributed by atoms with Gasteiger partial charge in [0.05, 0.1) is 6.61 Å². The molecule has 3 nitrogen and oxygen atoms in total. The first kappa shape index (κ1) is 18.3. The van der Waals surface area contributed by atoms with Crippen molar-refractivity contribution in [3.63, 3.8) is 0 Å². The molecule has 0 aliphatic rings. The Morgan fingerprint density at radius 2 is 2.00 bits per heavy atom. The van der Waals surface area contributed by atoms with Gasteiger partial charge >= 0.3 is 0 Å². The lowest BCUT2D eigenvalue weighted by atomic mass is 10.1. The number of anilines is 1. The molecule has 0 heterocycles. The molecule has 0 spiro atoms.